The normalized spacial score (nSPS) is 13.6. The predicted octanol–water partition coefficient (Wildman–Crippen LogP) is 1.72. The summed E-state index contributed by atoms with van der Waals surface area (Å²) >= 11 is 3.98. The molecule has 14 heavy (non-hydrogen) atoms. The van der Waals surface area contributed by atoms with Gasteiger partial charge in [0, 0.05) is 5.56 Å². The Bertz CT molecular complexity index is 389. The van der Waals surface area contributed by atoms with Gasteiger partial charge in [-0.25, -0.2) is 0 Å². The molecule has 4 heteroatoms. The molecule has 0 saturated carbocycles. The number of carbonyl (C=O) groups excluding carboxylic acids is 1. The topological polar surface area (TPSA) is 29.5 Å². The Kier molecular flexibility index (Phi) is 2.45. The van der Waals surface area contributed by atoms with Crippen LogP contribution in [0.4, 0.5) is 0 Å². The molecule has 1 heterocycles. The van der Waals surface area contributed by atoms with Gasteiger partial charge in [-0.05, 0) is 12.1 Å². The molecular weight excluding hydrogens is 198 g/mol. The lowest BCUT2D eigenvalue weighted by Crippen LogP contribution is -2.18. The SMILES string of the molecule is O=CN(S)C1=Cc2ccccc2OC1. The molecule has 0 N–H and O–H groups in total. The van der Waals surface area contributed by atoms with Gasteiger partial charge in [-0.2, -0.15) is 0 Å². The van der Waals surface area contributed by atoms with E-state index < -0.39 is 0 Å². The number of fused-ring (bicyclic) bond motifs is 1. The minimum absolute atomic E-state index is 0.374. The molecule has 1 aliphatic heterocycles. The first-order valence-electron chi connectivity index (χ1n) is 4.17. The molecule has 1 aromatic rings. The van der Waals surface area contributed by atoms with Crippen molar-refractivity contribution < 1.29 is 9.53 Å². The molecule has 1 amide bonds. The number of benzene rings is 1. The first-order valence-corrected chi connectivity index (χ1v) is 4.57. The number of rotatable bonds is 2. The van der Waals surface area contributed by atoms with Gasteiger partial charge in [-0.15, -0.1) is 0 Å². The number of thiol groups is 1. The van der Waals surface area contributed by atoms with E-state index in [9.17, 15) is 4.79 Å². The number of hydrogen-bond donors (Lipinski definition) is 1. The molecule has 0 spiro atoms. The Morgan fingerprint density at radius 3 is 3.00 bits per heavy atom. The van der Waals surface area contributed by atoms with E-state index in [0.29, 0.717) is 13.0 Å². The highest BCUT2D eigenvalue weighted by Crippen LogP contribution is 2.26. The highest BCUT2D eigenvalue weighted by molar-refractivity contribution is 7.78. The minimum atomic E-state index is 0.374. The van der Waals surface area contributed by atoms with Crippen molar-refractivity contribution in [1.29, 1.82) is 0 Å². The van der Waals surface area contributed by atoms with E-state index in [4.69, 9.17) is 4.74 Å². The highest BCUT2D eigenvalue weighted by atomic mass is 32.1. The second-order valence-electron chi connectivity index (χ2n) is 2.91. The van der Waals surface area contributed by atoms with Crippen molar-refractivity contribution >= 4 is 25.3 Å². The number of carbonyl (C=O) groups is 1. The van der Waals surface area contributed by atoms with Gasteiger partial charge in [0.15, 0.2) is 0 Å². The average Bonchev–Trinajstić information content (AvgIpc) is 2.27. The van der Waals surface area contributed by atoms with E-state index in [1.165, 1.54) is 4.31 Å². The monoisotopic (exact) mass is 207 g/mol. The second-order valence-corrected chi connectivity index (χ2v) is 3.34. The molecule has 1 aromatic carbocycles. The third-order valence-electron chi connectivity index (χ3n) is 2.01. The van der Waals surface area contributed by atoms with Crippen LogP contribution in [0.1, 0.15) is 5.56 Å². The number of ether oxygens (including phenoxy) is 1. The van der Waals surface area contributed by atoms with Crippen LogP contribution in [0, 0.1) is 0 Å². The summed E-state index contributed by atoms with van der Waals surface area (Å²) in [4.78, 5) is 10.5. The number of para-hydroxylation sites is 1. The van der Waals surface area contributed by atoms with Gasteiger partial charge >= 0.3 is 0 Å². The van der Waals surface area contributed by atoms with Crippen LogP contribution >= 0.6 is 12.8 Å². The van der Waals surface area contributed by atoms with Crippen LogP contribution in [-0.4, -0.2) is 17.3 Å². The Morgan fingerprint density at radius 1 is 1.43 bits per heavy atom. The van der Waals surface area contributed by atoms with E-state index in [2.05, 4.69) is 12.8 Å². The van der Waals surface area contributed by atoms with Crippen LogP contribution in [-0.2, 0) is 4.79 Å². The second kappa shape index (κ2) is 3.75. The summed E-state index contributed by atoms with van der Waals surface area (Å²) in [6, 6.07) is 7.66. The summed E-state index contributed by atoms with van der Waals surface area (Å²) in [6.45, 7) is 0.374. The zero-order valence-corrected chi connectivity index (χ0v) is 8.28. The van der Waals surface area contributed by atoms with Gasteiger partial charge in [0.25, 0.3) is 0 Å². The van der Waals surface area contributed by atoms with Gasteiger partial charge in [0.2, 0.25) is 6.41 Å². The van der Waals surface area contributed by atoms with Gasteiger partial charge in [0.05, 0.1) is 5.70 Å². The summed E-state index contributed by atoms with van der Waals surface area (Å²) in [5.74, 6) is 0.837. The molecule has 2 rings (SSSR count). The lowest BCUT2D eigenvalue weighted by Gasteiger charge is -2.20. The third-order valence-corrected chi connectivity index (χ3v) is 2.36. The first-order chi connectivity index (χ1) is 6.81. The van der Waals surface area contributed by atoms with Crippen molar-refractivity contribution in [2.45, 2.75) is 0 Å². The highest BCUT2D eigenvalue weighted by Gasteiger charge is 2.13. The van der Waals surface area contributed by atoms with Crippen LogP contribution in [0.25, 0.3) is 6.08 Å². The molecule has 0 fully saturated rings. The fourth-order valence-electron chi connectivity index (χ4n) is 1.30. The van der Waals surface area contributed by atoms with E-state index in [0.717, 1.165) is 17.0 Å². The quantitative estimate of drug-likeness (QED) is 0.591. The molecule has 3 nitrogen and oxygen atoms in total. The van der Waals surface area contributed by atoms with E-state index >= 15 is 0 Å². The van der Waals surface area contributed by atoms with Crippen molar-refractivity contribution in [3.05, 3.63) is 35.5 Å². The van der Waals surface area contributed by atoms with Crippen molar-refractivity contribution in [2.24, 2.45) is 0 Å². The Hall–Kier alpha value is -1.42. The molecule has 1 aliphatic rings. The molecule has 0 unspecified atom stereocenters. The van der Waals surface area contributed by atoms with Crippen LogP contribution < -0.4 is 4.74 Å². The van der Waals surface area contributed by atoms with Crippen molar-refractivity contribution in [1.82, 2.24) is 4.31 Å². The fraction of sp³-hybridized carbons (Fsp3) is 0.100. The molecule has 0 saturated heterocycles. The standard InChI is InChI=1S/C10H9NO2S/c12-7-11(14)9-5-8-3-1-2-4-10(8)13-6-9/h1-5,7,14H,6H2. The third kappa shape index (κ3) is 1.61. The fourth-order valence-corrected chi connectivity index (χ4v) is 1.42. The van der Waals surface area contributed by atoms with E-state index in [1.807, 2.05) is 30.3 Å². The molecule has 0 aliphatic carbocycles. The van der Waals surface area contributed by atoms with Gasteiger partial charge < -0.3 is 4.74 Å². The summed E-state index contributed by atoms with van der Waals surface area (Å²) in [6.07, 6.45) is 2.53. The van der Waals surface area contributed by atoms with Crippen LogP contribution in [0.15, 0.2) is 30.0 Å². The van der Waals surface area contributed by atoms with Crippen LogP contribution in [0.2, 0.25) is 0 Å². The zero-order valence-electron chi connectivity index (χ0n) is 7.38. The van der Waals surface area contributed by atoms with Gasteiger partial charge in [-0.1, -0.05) is 31.0 Å². The Morgan fingerprint density at radius 2 is 2.21 bits per heavy atom. The smallest absolute Gasteiger partial charge is 0.223 e. The number of nitrogens with zero attached hydrogens (tertiary/aromatic N) is 1. The number of hydrogen-bond acceptors (Lipinski definition) is 3. The maximum Gasteiger partial charge on any atom is 0.223 e. The number of amides is 1. The van der Waals surface area contributed by atoms with E-state index in [1.54, 1.807) is 0 Å². The van der Waals surface area contributed by atoms with Crippen LogP contribution in [0.5, 0.6) is 5.75 Å². The Labute approximate surface area is 87.5 Å². The van der Waals surface area contributed by atoms with E-state index in [-0.39, 0.29) is 0 Å². The summed E-state index contributed by atoms with van der Waals surface area (Å²) < 4.78 is 6.66. The summed E-state index contributed by atoms with van der Waals surface area (Å²) in [5.41, 5.74) is 1.71. The zero-order chi connectivity index (χ0) is 9.97. The van der Waals surface area contributed by atoms with Gasteiger partial charge in [0.1, 0.15) is 12.4 Å². The van der Waals surface area contributed by atoms with Gasteiger partial charge in [-0.3, -0.25) is 9.10 Å². The molecular formula is C10H9NO2S. The molecule has 72 valence electrons. The predicted molar refractivity (Wildman–Crippen MR) is 56.8 cm³/mol. The first kappa shape index (κ1) is 9.15. The minimum Gasteiger partial charge on any atom is -0.487 e. The Balaban J connectivity index is 2.35. The maximum absolute atomic E-state index is 10.5. The molecule has 0 aromatic heterocycles. The average molecular weight is 207 g/mol. The molecule has 0 bridgehead atoms. The lowest BCUT2D eigenvalue weighted by molar-refractivity contribution is -0.112. The molecule has 0 atom stereocenters. The van der Waals surface area contributed by atoms with Crippen molar-refractivity contribution in [3.8, 4) is 5.75 Å². The maximum atomic E-state index is 10.5. The summed E-state index contributed by atoms with van der Waals surface area (Å²) in [5, 5.41) is 0. The van der Waals surface area contributed by atoms with Crippen molar-refractivity contribution in [2.75, 3.05) is 6.61 Å². The molecule has 0 radical (unpaired) electrons. The lowest BCUT2D eigenvalue weighted by atomic mass is 10.1. The largest absolute Gasteiger partial charge is 0.487 e. The van der Waals surface area contributed by atoms with Crippen LogP contribution in [0.3, 0.4) is 0 Å². The van der Waals surface area contributed by atoms with Crippen molar-refractivity contribution in [3.63, 3.8) is 0 Å². The summed E-state index contributed by atoms with van der Waals surface area (Å²) in [7, 11) is 0.